The van der Waals surface area contributed by atoms with E-state index in [1.54, 1.807) is 0 Å². The van der Waals surface area contributed by atoms with Crippen LogP contribution in [0.15, 0.2) is 0 Å². The molecule has 68 valence electrons. The topological polar surface area (TPSA) is 35.2 Å². The largest absolute Gasteiger partial charge is 0.415 e. The van der Waals surface area contributed by atoms with E-state index >= 15 is 0 Å². The Kier molecular flexibility index (Phi) is 4.96. The standard InChI is InChI=1S/C8H21NOSi/c1-8(6-5-7-9)10-11(2,3)4/h8H,5-7,9H2,1-4H3/t8-/m1/s1. The molecule has 11 heavy (non-hydrogen) atoms. The van der Waals surface area contributed by atoms with Gasteiger partial charge >= 0.3 is 0 Å². The van der Waals surface area contributed by atoms with E-state index in [0.29, 0.717) is 6.10 Å². The second-order valence-electron chi connectivity index (χ2n) is 3.97. The third-order valence-electron chi connectivity index (χ3n) is 1.37. The summed E-state index contributed by atoms with van der Waals surface area (Å²) in [5, 5.41) is 0. The molecule has 0 bridgehead atoms. The van der Waals surface area contributed by atoms with Crippen LogP contribution in [0, 0.1) is 0 Å². The first-order chi connectivity index (χ1) is 4.95. The lowest BCUT2D eigenvalue weighted by molar-refractivity contribution is 0.201. The zero-order chi connectivity index (χ0) is 8.91. The highest BCUT2D eigenvalue weighted by atomic mass is 28.4. The maximum atomic E-state index is 5.82. The molecule has 0 radical (unpaired) electrons. The molecular weight excluding hydrogens is 154 g/mol. The van der Waals surface area contributed by atoms with Gasteiger partial charge in [0.25, 0.3) is 0 Å². The number of rotatable bonds is 5. The zero-order valence-corrected chi connectivity index (χ0v) is 9.18. The van der Waals surface area contributed by atoms with Crippen LogP contribution in [0.3, 0.4) is 0 Å². The van der Waals surface area contributed by atoms with Crippen molar-refractivity contribution >= 4 is 8.32 Å². The molecular formula is C8H21NOSi. The van der Waals surface area contributed by atoms with E-state index in [2.05, 4.69) is 26.6 Å². The van der Waals surface area contributed by atoms with E-state index in [-0.39, 0.29) is 0 Å². The monoisotopic (exact) mass is 175 g/mol. The lowest BCUT2D eigenvalue weighted by atomic mass is 10.2. The van der Waals surface area contributed by atoms with Crippen LogP contribution < -0.4 is 5.73 Å². The molecule has 0 aromatic carbocycles. The summed E-state index contributed by atoms with van der Waals surface area (Å²) in [7, 11) is -1.31. The van der Waals surface area contributed by atoms with Crippen LogP contribution >= 0.6 is 0 Å². The minimum absolute atomic E-state index is 0.394. The Hall–Kier alpha value is 0.137. The van der Waals surface area contributed by atoms with Crippen molar-refractivity contribution in [2.75, 3.05) is 6.54 Å². The minimum atomic E-state index is -1.31. The molecule has 0 fully saturated rings. The van der Waals surface area contributed by atoms with Crippen LogP contribution in [0.4, 0.5) is 0 Å². The molecule has 0 amide bonds. The van der Waals surface area contributed by atoms with E-state index in [1.165, 1.54) is 0 Å². The number of hydrogen-bond donors (Lipinski definition) is 1. The summed E-state index contributed by atoms with van der Waals surface area (Å²) in [6.45, 7) is 9.55. The number of nitrogens with two attached hydrogens (primary N) is 1. The van der Waals surface area contributed by atoms with Gasteiger partial charge in [-0.3, -0.25) is 0 Å². The minimum Gasteiger partial charge on any atom is -0.415 e. The van der Waals surface area contributed by atoms with Crippen molar-refractivity contribution < 1.29 is 4.43 Å². The Balaban J connectivity index is 3.44. The van der Waals surface area contributed by atoms with Gasteiger partial charge in [-0.15, -0.1) is 0 Å². The summed E-state index contributed by atoms with van der Waals surface area (Å²) < 4.78 is 5.82. The molecule has 3 heteroatoms. The molecule has 0 aliphatic carbocycles. The quantitative estimate of drug-likeness (QED) is 0.648. The van der Waals surface area contributed by atoms with Gasteiger partial charge in [-0.05, 0) is 46.0 Å². The summed E-state index contributed by atoms with van der Waals surface area (Å²) in [6.07, 6.45) is 2.57. The van der Waals surface area contributed by atoms with Crippen molar-refractivity contribution in [2.24, 2.45) is 5.73 Å². The van der Waals surface area contributed by atoms with Crippen LogP contribution in [-0.2, 0) is 4.43 Å². The van der Waals surface area contributed by atoms with E-state index in [1.807, 2.05) is 0 Å². The highest BCUT2D eigenvalue weighted by molar-refractivity contribution is 6.69. The lowest BCUT2D eigenvalue weighted by Crippen LogP contribution is -2.30. The van der Waals surface area contributed by atoms with Gasteiger partial charge in [-0.25, -0.2) is 0 Å². The maximum Gasteiger partial charge on any atom is 0.184 e. The predicted molar refractivity (Wildman–Crippen MR) is 52.2 cm³/mol. The van der Waals surface area contributed by atoms with Crippen molar-refractivity contribution in [3.8, 4) is 0 Å². The Labute approximate surface area is 71.3 Å². The van der Waals surface area contributed by atoms with E-state index in [9.17, 15) is 0 Å². The molecule has 0 rings (SSSR count). The summed E-state index contributed by atoms with van der Waals surface area (Å²) in [5.74, 6) is 0. The van der Waals surface area contributed by atoms with Gasteiger partial charge in [0.2, 0.25) is 0 Å². The smallest absolute Gasteiger partial charge is 0.184 e. The van der Waals surface area contributed by atoms with Crippen LogP contribution in [-0.4, -0.2) is 21.0 Å². The molecule has 0 aliphatic heterocycles. The van der Waals surface area contributed by atoms with Crippen LogP contribution in [0.1, 0.15) is 19.8 Å². The third kappa shape index (κ3) is 8.04. The van der Waals surface area contributed by atoms with Crippen molar-refractivity contribution in [3.63, 3.8) is 0 Å². The molecule has 0 aromatic heterocycles. The van der Waals surface area contributed by atoms with Crippen LogP contribution in [0.2, 0.25) is 19.6 Å². The maximum absolute atomic E-state index is 5.82. The highest BCUT2D eigenvalue weighted by Gasteiger charge is 2.17. The fraction of sp³-hybridized carbons (Fsp3) is 1.00. The second kappa shape index (κ2) is 4.90. The Morgan fingerprint density at radius 3 is 2.27 bits per heavy atom. The fourth-order valence-electron chi connectivity index (χ4n) is 1.07. The fourth-order valence-corrected chi connectivity index (χ4v) is 2.39. The highest BCUT2D eigenvalue weighted by Crippen LogP contribution is 2.10. The van der Waals surface area contributed by atoms with E-state index < -0.39 is 8.32 Å². The summed E-state index contributed by atoms with van der Waals surface area (Å²) in [5.41, 5.74) is 5.40. The summed E-state index contributed by atoms with van der Waals surface area (Å²) in [6, 6.07) is 0. The molecule has 0 saturated heterocycles. The molecule has 1 atom stereocenters. The van der Waals surface area contributed by atoms with Gasteiger partial charge < -0.3 is 10.2 Å². The normalized spacial score (nSPS) is 15.0. The van der Waals surface area contributed by atoms with E-state index in [4.69, 9.17) is 10.2 Å². The average Bonchev–Trinajstić information content (AvgIpc) is 1.79. The predicted octanol–water partition coefficient (Wildman–Crippen LogP) is 1.97. The van der Waals surface area contributed by atoms with Gasteiger partial charge in [-0.2, -0.15) is 0 Å². The molecule has 0 unspecified atom stereocenters. The first-order valence-electron chi connectivity index (χ1n) is 4.33. The molecule has 2 N–H and O–H groups in total. The van der Waals surface area contributed by atoms with Gasteiger partial charge in [0.1, 0.15) is 0 Å². The summed E-state index contributed by atoms with van der Waals surface area (Å²) >= 11 is 0. The zero-order valence-electron chi connectivity index (χ0n) is 8.18. The van der Waals surface area contributed by atoms with Gasteiger partial charge in [-0.1, -0.05) is 0 Å². The Bertz CT molecular complexity index is 101. The summed E-state index contributed by atoms with van der Waals surface area (Å²) in [4.78, 5) is 0. The molecule has 0 aromatic rings. The van der Waals surface area contributed by atoms with Crippen LogP contribution in [0.25, 0.3) is 0 Å². The average molecular weight is 175 g/mol. The lowest BCUT2D eigenvalue weighted by Gasteiger charge is -2.23. The van der Waals surface area contributed by atoms with Crippen molar-refractivity contribution in [1.29, 1.82) is 0 Å². The van der Waals surface area contributed by atoms with Gasteiger partial charge in [0.05, 0.1) is 0 Å². The Morgan fingerprint density at radius 1 is 1.36 bits per heavy atom. The van der Waals surface area contributed by atoms with Crippen molar-refractivity contribution in [1.82, 2.24) is 0 Å². The molecule has 0 saturated carbocycles. The van der Waals surface area contributed by atoms with E-state index in [0.717, 1.165) is 19.4 Å². The molecule has 2 nitrogen and oxygen atoms in total. The van der Waals surface area contributed by atoms with Crippen molar-refractivity contribution in [2.45, 2.75) is 45.5 Å². The van der Waals surface area contributed by atoms with Crippen molar-refractivity contribution in [3.05, 3.63) is 0 Å². The van der Waals surface area contributed by atoms with Crippen LogP contribution in [0.5, 0.6) is 0 Å². The number of hydrogen-bond acceptors (Lipinski definition) is 2. The Morgan fingerprint density at radius 2 is 1.91 bits per heavy atom. The molecule has 0 spiro atoms. The second-order valence-corrected chi connectivity index (χ2v) is 8.43. The van der Waals surface area contributed by atoms with Gasteiger partial charge in [0, 0.05) is 6.10 Å². The molecule has 0 aliphatic rings. The first-order valence-corrected chi connectivity index (χ1v) is 7.74. The van der Waals surface area contributed by atoms with Gasteiger partial charge in [0.15, 0.2) is 8.32 Å². The first kappa shape index (κ1) is 11.1. The SMILES string of the molecule is C[C@H](CCCN)O[Si](C)(C)C. The molecule has 0 heterocycles. The third-order valence-corrected chi connectivity index (χ3v) is 2.48.